The van der Waals surface area contributed by atoms with Crippen LogP contribution >= 0.6 is 22.7 Å². The third kappa shape index (κ3) is 3.46. The van der Waals surface area contributed by atoms with Gasteiger partial charge < -0.3 is 14.6 Å². The van der Waals surface area contributed by atoms with Gasteiger partial charge in [-0.3, -0.25) is 14.5 Å². The number of aliphatic hydroxyl groups excluding tert-OH is 1. The van der Waals surface area contributed by atoms with Crippen molar-refractivity contribution in [3.8, 4) is 11.5 Å². The second kappa shape index (κ2) is 8.14. The van der Waals surface area contributed by atoms with E-state index in [1.54, 1.807) is 35.7 Å². The Kier molecular flexibility index (Phi) is 5.04. The van der Waals surface area contributed by atoms with Crippen molar-refractivity contribution in [2.24, 2.45) is 0 Å². The van der Waals surface area contributed by atoms with Gasteiger partial charge >= 0.3 is 5.91 Å². The van der Waals surface area contributed by atoms with E-state index in [1.807, 2.05) is 0 Å². The molecule has 35 heavy (non-hydrogen) atoms. The van der Waals surface area contributed by atoms with Crippen molar-refractivity contribution >= 4 is 55.5 Å². The van der Waals surface area contributed by atoms with Crippen LogP contribution in [-0.4, -0.2) is 35.0 Å². The number of aromatic nitrogens is 1. The van der Waals surface area contributed by atoms with Crippen LogP contribution in [0.5, 0.6) is 11.5 Å². The van der Waals surface area contributed by atoms with Crippen LogP contribution < -0.4 is 14.4 Å². The molecule has 176 valence electrons. The summed E-state index contributed by atoms with van der Waals surface area (Å²) in [5.74, 6) is -2.97. The first-order valence-electron chi connectivity index (χ1n) is 10.4. The summed E-state index contributed by atoms with van der Waals surface area (Å²) in [6, 6.07) is 9.01. The average Bonchev–Trinajstić information content (AvgIpc) is 3.57. The molecule has 11 heteroatoms. The number of nitrogens with zero attached hydrogens (tertiary/aromatic N) is 2. The van der Waals surface area contributed by atoms with E-state index in [-0.39, 0.29) is 32.2 Å². The van der Waals surface area contributed by atoms with E-state index in [1.165, 1.54) is 11.3 Å². The lowest BCUT2D eigenvalue weighted by atomic mass is 9.99. The number of hydrogen-bond acceptors (Lipinski definition) is 8. The molecule has 1 N–H and O–H groups in total. The van der Waals surface area contributed by atoms with Crippen LogP contribution in [0.3, 0.4) is 0 Å². The minimum Gasteiger partial charge on any atom is -0.507 e. The van der Waals surface area contributed by atoms with Gasteiger partial charge in [0, 0.05) is 16.5 Å². The topological polar surface area (TPSA) is 89.0 Å². The summed E-state index contributed by atoms with van der Waals surface area (Å²) in [6.07, 6.45) is 0. The van der Waals surface area contributed by atoms with Gasteiger partial charge in [0.15, 0.2) is 22.4 Å². The predicted octanol–water partition coefficient (Wildman–Crippen LogP) is 5.03. The number of aliphatic hydroxyl groups is 1. The summed E-state index contributed by atoms with van der Waals surface area (Å²) in [7, 11) is 0. The van der Waals surface area contributed by atoms with Gasteiger partial charge in [-0.25, -0.2) is 13.8 Å². The lowest BCUT2D eigenvalue weighted by Crippen LogP contribution is -2.28. The summed E-state index contributed by atoms with van der Waals surface area (Å²) in [4.78, 5) is 32.3. The Bertz CT molecular complexity index is 1550. The number of Topliss-reactive ketones (excluding diaryl/α,β-unsaturated/α-hetero) is 1. The van der Waals surface area contributed by atoms with Gasteiger partial charge in [0.1, 0.15) is 36.3 Å². The van der Waals surface area contributed by atoms with Gasteiger partial charge in [-0.2, -0.15) is 0 Å². The maximum atomic E-state index is 14.3. The highest BCUT2D eigenvalue weighted by Gasteiger charge is 2.48. The molecule has 0 saturated carbocycles. The van der Waals surface area contributed by atoms with Crippen molar-refractivity contribution in [2.75, 3.05) is 18.1 Å². The lowest BCUT2D eigenvalue weighted by molar-refractivity contribution is -0.132. The van der Waals surface area contributed by atoms with E-state index < -0.39 is 29.4 Å². The Hall–Kier alpha value is -3.83. The molecule has 1 unspecified atom stereocenters. The number of benzene rings is 2. The molecule has 4 heterocycles. The Morgan fingerprint density at radius 2 is 1.89 bits per heavy atom. The Labute approximate surface area is 204 Å². The van der Waals surface area contributed by atoms with Crippen molar-refractivity contribution in [3.63, 3.8) is 0 Å². The van der Waals surface area contributed by atoms with E-state index in [2.05, 4.69) is 4.98 Å². The number of rotatable bonds is 3. The molecule has 6 rings (SSSR count). The van der Waals surface area contributed by atoms with Gasteiger partial charge in [-0.15, -0.1) is 11.3 Å². The van der Waals surface area contributed by atoms with E-state index >= 15 is 0 Å². The summed E-state index contributed by atoms with van der Waals surface area (Å²) >= 11 is 2.16. The van der Waals surface area contributed by atoms with Crippen molar-refractivity contribution in [1.29, 1.82) is 0 Å². The molecule has 7 nitrogen and oxygen atoms in total. The van der Waals surface area contributed by atoms with Crippen LogP contribution in [0.15, 0.2) is 53.4 Å². The second-order valence-corrected chi connectivity index (χ2v) is 9.76. The third-order valence-electron chi connectivity index (χ3n) is 5.68. The summed E-state index contributed by atoms with van der Waals surface area (Å²) < 4.78 is 39.3. The first-order valence-corrected chi connectivity index (χ1v) is 12.1. The number of anilines is 1. The normalized spacial score (nSPS) is 19.0. The van der Waals surface area contributed by atoms with Crippen molar-refractivity contribution < 1.29 is 33.0 Å². The molecular formula is C24H14F2N2O5S2. The number of thiazole rings is 1. The maximum absolute atomic E-state index is 14.3. The number of carbonyl (C=O) groups is 2. The van der Waals surface area contributed by atoms with Crippen LogP contribution in [0.1, 0.15) is 16.5 Å². The van der Waals surface area contributed by atoms with E-state index in [4.69, 9.17) is 9.47 Å². The number of hydrogen-bond donors (Lipinski definition) is 1. The Morgan fingerprint density at radius 1 is 1.09 bits per heavy atom. The molecule has 1 fully saturated rings. The monoisotopic (exact) mass is 512 g/mol. The molecule has 2 aliphatic heterocycles. The molecule has 0 spiro atoms. The molecule has 0 bridgehead atoms. The smallest absolute Gasteiger partial charge is 0.301 e. The zero-order valence-electron chi connectivity index (χ0n) is 17.7. The van der Waals surface area contributed by atoms with Crippen LogP contribution in [0.4, 0.5) is 13.9 Å². The minimum absolute atomic E-state index is 0.0197. The molecule has 1 atom stereocenters. The molecule has 1 amide bonds. The summed E-state index contributed by atoms with van der Waals surface area (Å²) in [5.41, 5.74) is 0.0244. The standard InChI is InChI=1S/C24H14F2N2O5S2/c25-12-9-13(26)19-17(10-12)35-24(27-19)28-20(16-2-1-7-34-16)18(22(30)23(28)31)21(29)11-3-4-14-15(8-11)33-6-5-32-14/h1-4,7-10,20,29H,5-6H2/b21-18+. The molecule has 2 aliphatic rings. The quantitative estimate of drug-likeness (QED) is 0.235. The Morgan fingerprint density at radius 3 is 2.66 bits per heavy atom. The fourth-order valence-corrected chi connectivity index (χ4v) is 6.00. The first kappa shape index (κ1) is 21.7. The van der Waals surface area contributed by atoms with Crippen LogP contribution in [0.25, 0.3) is 16.0 Å². The molecule has 0 radical (unpaired) electrons. The van der Waals surface area contributed by atoms with Crippen molar-refractivity contribution in [2.45, 2.75) is 6.04 Å². The molecular weight excluding hydrogens is 498 g/mol. The van der Waals surface area contributed by atoms with Crippen LogP contribution in [0, 0.1) is 11.6 Å². The fourth-order valence-electron chi connectivity index (χ4n) is 4.14. The Balaban J connectivity index is 1.53. The zero-order chi connectivity index (χ0) is 24.3. The van der Waals surface area contributed by atoms with Gasteiger partial charge in [-0.1, -0.05) is 17.4 Å². The van der Waals surface area contributed by atoms with Gasteiger partial charge in [0.05, 0.1) is 10.3 Å². The number of thiophene rings is 1. The SMILES string of the molecule is O=C1C(=O)N(c2nc3c(F)cc(F)cc3s2)C(c2cccs2)/C1=C(\O)c1ccc2c(c1)OCCO2. The molecule has 0 aliphatic carbocycles. The summed E-state index contributed by atoms with van der Waals surface area (Å²) in [5, 5.41) is 13.0. The fraction of sp³-hybridized carbons (Fsp3) is 0.125. The number of carbonyl (C=O) groups excluding carboxylic acids is 2. The van der Waals surface area contributed by atoms with Gasteiger partial charge in [0.2, 0.25) is 0 Å². The first-order chi connectivity index (χ1) is 16.9. The van der Waals surface area contributed by atoms with Crippen LogP contribution in [-0.2, 0) is 9.59 Å². The number of halogens is 2. The lowest BCUT2D eigenvalue weighted by Gasteiger charge is -2.22. The maximum Gasteiger partial charge on any atom is 0.301 e. The van der Waals surface area contributed by atoms with E-state index in [0.29, 0.717) is 35.7 Å². The second-order valence-electron chi connectivity index (χ2n) is 7.77. The zero-order valence-corrected chi connectivity index (χ0v) is 19.3. The molecule has 1 saturated heterocycles. The highest BCUT2D eigenvalue weighted by atomic mass is 32.1. The predicted molar refractivity (Wildman–Crippen MR) is 126 cm³/mol. The highest BCUT2D eigenvalue weighted by Crippen LogP contribution is 2.46. The largest absolute Gasteiger partial charge is 0.507 e. The minimum atomic E-state index is -1.00. The molecule has 4 aromatic rings. The third-order valence-corrected chi connectivity index (χ3v) is 7.61. The van der Waals surface area contributed by atoms with Crippen molar-refractivity contribution in [1.82, 2.24) is 4.98 Å². The van der Waals surface area contributed by atoms with Gasteiger partial charge in [0.25, 0.3) is 5.78 Å². The van der Waals surface area contributed by atoms with E-state index in [9.17, 15) is 23.5 Å². The van der Waals surface area contributed by atoms with Crippen molar-refractivity contribution in [3.05, 3.63) is 75.5 Å². The molecule has 2 aromatic heterocycles. The van der Waals surface area contributed by atoms with Crippen LogP contribution in [0.2, 0.25) is 0 Å². The number of amides is 1. The highest BCUT2D eigenvalue weighted by molar-refractivity contribution is 7.22. The summed E-state index contributed by atoms with van der Waals surface area (Å²) in [6.45, 7) is 0.736. The average molecular weight is 513 g/mol. The molecule has 2 aromatic carbocycles. The van der Waals surface area contributed by atoms with E-state index in [0.717, 1.165) is 22.3 Å². The number of ether oxygens (including phenoxy) is 2. The number of fused-ring (bicyclic) bond motifs is 2. The van der Waals surface area contributed by atoms with Gasteiger partial charge in [-0.05, 0) is 35.7 Å². The number of ketones is 1.